The first-order valence-corrected chi connectivity index (χ1v) is 10.3. The van der Waals surface area contributed by atoms with E-state index >= 15 is 0 Å². The second-order valence-electron chi connectivity index (χ2n) is 7.53. The molecular weight excluding hydrogens is 392 g/mol. The Morgan fingerprint density at radius 2 is 2.00 bits per heavy atom. The van der Waals surface area contributed by atoms with E-state index in [1.807, 2.05) is 0 Å². The van der Waals surface area contributed by atoms with Gasteiger partial charge in [0.15, 0.2) is 5.82 Å². The normalized spacial score (nSPS) is 18.4. The van der Waals surface area contributed by atoms with Gasteiger partial charge in [0.1, 0.15) is 6.10 Å². The minimum atomic E-state index is -3.40. The number of amides is 1. The first-order chi connectivity index (χ1) is 14.5. The van der Waals surface area contributed by atoms with Crippen molar-refractivity contribution in [2.45, 2.75) is 50.6 Å². The summed E-state index contributed by atoms with van der Waals surface area (Å²) in [6.07, 6.45) is 5.73. The number of rotatable bonds is 11. The number of aromatic nitrogens is 4. The molecule has 2 atom stereocenters. The van der Waals surface area contributed by atoms with Gasteiger partial charge in [0.05, 0.1) is 5.92 Å². The molecule has 9 heteroatoms. The summed E-state index contributed by atoms with van der Waals surface area (Å²) in [6, 6.07) is 7.21. The molecule has 162 valence electrons. The third kappa shape index (κ3) is 5.69. The zero-order valence-electron chi connectivity index (χ0n) is 16.8. The highest BCUT2D eigenvalue weighted by Crippen LogP contribution is 2.32. The van der Waals surface area contributed by atoms with E-state index in [0.717, 1.165) is 38.2 Å². The number of nitrogens with one attached hydrogen (secondary N) is 1. The third-order valence-corrected chi connectivity index (χ3v) is 5.36. The highest BCUT2D eigenvalue weighted by Gasteiger charge is 2.39. The summed E-state index contributed by atoms with van der Waals surface area (Å²) in [6.45, 7) is 1.27. The predicted octanol–water partition coefficient (Wildman–Crippen LogP) is 2.86. The number of carbonyl (C=O) groups is 1. The molecule has 2 N–H and O–H groups in total. The van der Waals surface area contributed by atoms with E-state index in [1.54, 1.807) is 11.0 Å². The minimum Gasteiger partial charge on any atom is -0.382 e. The fraction of sp³-hybridized carbons (Fsp3) is 0.524. The van der Waals surface area contributed by atoms with Crippen LogP contribution in [0.15, 0.2) is 42.5 Å². The first-order valence-electron chi connectivity index (χ1n) is 10.3. The number of benzene rings is 1. The molecule has 0 aliphatic carbocycles. The van der Waals surface area contributed by atoms with Gasteiger partial charge in [-0.05, 0) is 19.3 Å². The molecule has 3 rings (SSSR count). The Hall–Kier alpha value is -2.68. The Bertz CT molecular complexity index is 814. The SMILES string of the molecule is O=C1C(/C=C/C(O)C(F)(F)c2ccccc2)CCN1CCCCCCc1nn[nH]n1. The van der Waals surface area contributed by atoms with Gasteiger partial charge >= 0.3 is 5.92 Å². The van der Waals surface area contributed by atoms with E-state index in [0.29, 0.717) is 25.3 Å². The monoisotopic (exact) mass is 419 g/mol. The number of tetrazole rings is 1. The summed E-state index contributed by atoms with van der Waals surface area (Å²) in [5.41, 5.74) is -0.249. The molecule has 1 aromatic heterocycles. The summed E-state index contributed by atoms with van der Waals surface area (Å²) in [5, 5.41) is 23.7. The molecule has 1 amide bonds. The number of likely N-dealkylation sites (tertiary alicyclic amines) is 1. The van der Waals surface area contributed by atoms with Crippen molar-refractivity contribution in [3.8, 4) is 0 Å². The van der Waals surface area contributed by atoms with Crippen LogP contribution in [0.5, 0.6) is 0 Å². The summed E-state index contributed by atoms with van der Waals surface area (Å²) in [7, 11) is 0. The molecule has 0 saturated carbocycles. The van der Waals surface area contributed by atoms with Gasteiger partial charge in [-0.25, -0.2) is 0 Å². The summed E-state index contributed by atoms with van der Waals surface area (Å²) < 4.78 is 28.7. The van der Waals surface area contributed by atoms with Crippen LogP contribution >= 0.6 is 0 Å². The topological polar surface area (TPSA) is 95.0 Å². The van der Waals surface area contributed by atoms with Crippen LogP contribution in [0.3, 0.4) is 0 Å². The highest BCUT2D eigenvalue weighted by molar-refractivity contribution is 5.82. The fourth-order valence-electron chi connectivity index (χ4n) is 3.58. The Labute approximate surface area is 174 Å². The number of unbranched alkanes of at least 4 members (excludes halogenated alkanes) is 3. The molecule has 2 unspecified atom stereocenters. The van der Waals surface area contributed by atoms with E-state index < -0.39 is 17.9 Å². The van der Waals surface area contributed by atoms with E-state index in [-0.39, 0.29) is 11.5 Å². The number of aliphatic hydroxyl groups is 1. The average Bonchev–Trinajstić information content (AvgIpc) is 3.39. The third-order valence-electron chi connectivity index (χ3n) is 5.36. The molecule has 1 aliphatic rings. The van der Waals surface area contributed by atoms with Gasteiger partial charge in [-0.1, -0.05) is 60.5 Å². The number of aliphatic hydroxyl groups excluding tert-OH is 1. The van der Waals surface area contributed by atoms with Crippen LogP contribution in [0.4, 0.5) is 8.78 Å². The summed E-state index contributed by atoms with van der Waals surface area (Å²) in [4.78, 5) is 14.3. The fourth-order valence-corrected chi connectivity index (χ4v) is 3.58. The van der Waals surface area contributed by atoms with Crippen LogP contribution in [-0.2, 0) is 17.1 Å². The molecule has 30 heavy (non-hydrogen) atoms. The van der Waals surface area contributed by atoms with E-state index in [4.69, 9.17) is 0 Å². The number of aryl methyl sites for hydroxylation is 1. The van der Waals surface area contributed by atoms with E-state index in [9.17, 15) is 18.7 Å². The Balaban J connectivity index is 1.39. The molecule has 0 radical (unpaired) electrons. The number of hydrogen-bond acceptors (Lipinski definition) is 5. The Morgan fingerprint density at radius 1 is 1.23 bits per heavy atom. The summed E-state index contributed by atoms with van der Waals surface area (Å²) in [5.74, 6) is -3.21. The molecule has 1 aromatic carbocycles. The maximum absolute atomic E-state index is 14.3. The van der Waals surface area contributed by atoms with Crippen LogP contribution in [0.2, 0.25) is 0 Å². The van der Waals surface area contributed by atoms with Crippen molar-refractivity contribution in [1.29, 1.82) is 0 Å². The maximum Gasteiger partial charge on any atom is 0.302 e. The zero-order valence-corrected chi connectivity index (χ0v) is 16.8. The largest absolute Gasteiger partial charge is 0.382 e. The Morgan fingerprint density at radius 3 is 2.73 bits per heavy atom. The standard InChI is InChI=1S/C21H27F2N5O2/c22-21(23,17-8-4-3-5-9-17)18(29)12-11-16-13-15-28(20(16)30)14-7-2-1-6-10-19-24-26-27-25-19/h3-5,8-9,11-12,16,18,29H,1-2,6-7,10,13-15H2,(H,24,25,26,27)/b12-11+. The average molecular weight is 419 g/mol. The first kappa shape index (κ1) is 22.0. The van der Waals surface area contributed by atoms with Crippen molar-refractivity contribution >= 4 is 5.91 Å². The van der Waals surface area contributed by atoms with Gasteiger partial charge < -0.3 is 10.0 Å². The number of halogens is 2. The number of H-pyrrole nitrogens is 1. The minimum absolute atomic E-state index is 0.0618. The van der Waals surface area contributed by atoms with Crippen molar-refractivity contribution in [2.75, 3.05) is 13.1 Å². The molecule has 1 saturated heterocycles. The van der Waals surface area contributed by atoms with Crippen molar-refractivity contribution in [3.63, 3.8) is 0 Å². The quantitative estimate of drug-likeness (QED) is 0.431. The van der Waals surface area contributed by atoms with Gasteiger partial charge in [0.25, 0.3) is 0 Å². The van der Waals surface area contributed by atoms with Gasteiger partial charge in [-0.3, -0.25) is 4.79 Å². The lowest BCUT2D eigenvalue weighted by Gasteiger charge is -2.20. The molecule has 0 spiro atoms. The molecule has 2 heterocycles. The van der Waals surface area contributed by atoms with Gasteiger partial charge in [-0.2, -0.15) is 14.0 Å². The Kier molecular flexibility index (Phi) is 7.62. The lowest BCUT2D eigenvalue weighted by molar-refractivity contribution is -0.129. The van der Waals surface area contributed by atoms with E-state index in [2.05, 4.69) is 20.6 Å². The van der Waals surface area contributed by atoms with Crippen molar-refractivity contribution < 1.29 is 18.7 Å². The number of hydrogen-bond donors (Lipinski definition) is 2. The smallest absolute Gasteiger partial charge is 0.302 e. The predicted molar refractivity (Wildman–Crippen MR) is 107 cm³/mol. The van der Waals surface area contributed by atoms with E-state index in [1.165, 1.54) is 30.3 Å². The maximum atomic E-state index is 14.3. The van der Waals surface area contributed by atoms with Gasteiger partial charge in [0.2, 0.25) is 5.91 Å². The molecule has 1 aliphatic heterocycles. The number of nitrogens with zero attached hydrogens (tertiary/aromatic N) is 4. The van der Waals surface area contributed by atoms with Crippen LogP contribution < -0.4 is 0 Å². The van der Waals surface area contributed by atoms with Crippen molar-refractivity contribution in [3.05, 3.63) is 53.9 Å². The zero-order chi connectivity index (χ0) is 21.4. The molecule has 0 bridgehead atoms. The van der Waals surface area contributed by atoms with Gasteiger partial charge in [-0.15, -0.1) is 10.2 Å². The van der Waals surface area contributed by atoms with Gasteiger partial charge in [0, 0.05) is 25.1 Å². The van der Waals surface area contributed by atoms with Crippen LogP contribution in [0.25, 0.3) is 0 Å². The molecular formula is C21H27F2N5O2. The summed E-state index contributed by atoms with van der Waals surface area (Å²) >= 11 is 0. The number of carbonyl (C=O) groups excluding carboxylic acids is 1. The van der Waals surface area contributed by atoms with Crippen molar-refractivity contribution in [2.24, 2.45) is 5.92 Å². The lowest BCUT2D eigenvalue weighted by Crippen LogP contribution is -2.30. The highest BCUT2D eigenvalue weighted by atomic mass is 19.3. The molecule has 1 fully saturated rings. The number of alkyl halides is 2. The number of aromatic amines is 1. The van der Waals surface area contributed by atoms with Crippen molar-refractivity contribution in [1.82, 2.24) is 25.5 Å². The second-order valence-corrected chi connectivity index (χ2v) is 7.53. The lowest BCUT2D eigenvalue weighted by atomic mass is 10.0. The molecule has 2 aromatic rings. The van der Waals surface area contributed by atoms with Crippen LogP contribution in [-0.4, -0.2) is 55.7 Å². The molecule has 7 nitrogen and oxygen atoms in total. The van der Waals surface area contributed by atoms with Crippen LogP contribution in [0.1, 0.15) is 43.5 Å². The van der Waals surface area contributed by atoms with Crippen LogP contribution in [0, 0.1) is 5.92 Å². The second kappa shape index (κ2) is 10.4.